The largest absolute Gasteiger partial charge is 0.481 e. The van der Waals surface area contributed by atoms with Crippen molar-refractivity contribution in [2.75, 3.05) is 13.6 Å². The Kier molecular flexibility index (Phi) is 5.98. The van der Waals surface area contributed by atoms with Gasteiger partial charge in [-0.15, -0.1) is 6.58 Å². The minimum Gasteiger partial charge on any atom is -0.481 e. The molecule has 7 heteroatoms. The molecule has 5 nitrogen and oxygen atoms in total. The molecular formula is C13H14Cl2N2O3. The van der Waals surface area contributed by atoms with E-state index in [9.17, 15) is 9.59 Å². The molecule has 0 saturated carbocycles. The first-order valence-electron chi connectivity index (χ1n) is 5.80. The Bertz CT molecular complexity index is 547. The number of halogens is 2. The van der Waals surface area contributed by atoms with E-state index in [1.807, 2.05) is 0 Å². The summed E-state index contributed by atoms with van der Waals surface area (Å²) in [5.41, 5.74) is 0.322. The Morgan fingerprint density at radius 1 is 1.50 bits per heavy atom. The number of carbonyl (C=O) groups is 2. The molecule has 1 N–H and O–H groups in total. The smallest absolute Gasteiger partial charge is 0.307 e. The third kappa shape index (κ3) is 4.21. The third-order valence-electron chi connectivity index (χ3n) is 2.60. The lowest BCUT2D eigenvalue weighted by Crippen LogP contribution is -2.29. The predicted molar refractivity (Wildman–Crippen MR) is 77.4 cm³/mol. The summed E-state index contributed by atoms with van der Waals surface area (Å²) in [6.45, 7) is 4.03. The molecule has 1 aromatic heterocycles. The predicted octanol–water partition coefficient (Wildman–Crippen LogP) is 2.66. The second-order valence-corrected chi connectivity index (χ2v) is 4.89. The fourth-order valence-electron chi connectivity index (χ4n) is 1.64. The molecule has 0 aromatic carbocycles. The maximum atomic E-state index is 12.3. The van der Waals surface area contributed by atoms with E-state index in [0.717, 1.165) is 0 Å². The lowest BCUT2D eigenvalue weighted by atomic mass is 10.1. The van der Waals surface area contributed by atoms with Crippen LogP contribution in [0.5, 0.6) is 0 Å². The van der Waals surface area contributed by atoms with Gasteiger partial charge in [-0.05, 0) is 18.1 Å². The van der Waals surface area contributed by atoms with Gasteiger partial charge in [-0.25, -0.2) is 4.98 Å². The molecular weight excluding hydrogens is 303 g/mol. The zero-order chi connectivity index (χ0) is 15.3. The molecule has 108 valence electrons. The van der Waals surface area contributed by atoms with E-state index in [1.165, 1.54) is 11.0 Å². The van der Waals surface area contributed by atoms with Gasteiger partial charge >= 0.3 is 5.97 Å². The summed E-state index contributed by atoms with van der Waals surface area (Å²) in [5, 5.41) is 8.85. The Balaban J connectivity index is 3.17. The summed E-state index contributed by atoms with van der Waals surface area (Å²) in [7, 11) is 1.60. The molecule has 0 spiro atoms. The number of nitrogens with zero attached hydrogens (tertiary/aromatic N) is 2. The molecule has 1 heterocycles. The summed E-state index contributed by atoms with van der Waals surface area (Å²) < 4.78 is 0. The summed E-state index contributed by atoms with van der Waals surface area (Å²) in [4.78, 5) is 28.4. The molecule has 0 atom stereocenters. The van der Waals surface area contributed by atoms with Gasteiger partial charge in [0.2, 0.25) is 0 Å². The first-order valence-corrected chi connectivity index (χ1v) is 6.55. The molecule has 0 fully saturated rings. The quantitative estimate of drug-likeness (QED) is 0.647. The first-order chi connectivity index (χ1) is 9.36. The van der Waals surface area contributed by atoms with Crippen molar-refractivity contribution >= 4 is 35.1 Å². The maximum absolute atomic E-state index is 12.3. The van der Waals surface area contributed by atoms with Crippen molar-refractivity contribution in [3.05, 3.63) is 40.2 Å². The normalized spacial score (nSPS) is 10.2. The van der Waals surface area contributed by atoms with Gasteiger partial charge in [0.15, 0.2) is 0 Å². The summed E-state index contributed by atoms with van der Waals surface area (Å²) >= 11 is 11.7. The van der Waals surface area contributed by atoms with Crippen LogP contribution in [0, 0.1) is 0 Å². The van der Waals surface area contributed by atoms with Gasteiger partial charge < -0.3 is 10.0 Å². The molecule has 1 aromatic rings. The van der Waals surface area contributed by atoms with Gasteiger partial charge in [-0.1, -0.05) is 29.3 Å². The average Bonchev–Trinajstić information content (AvgIpc) is 2.33. The van der Waals surface area contributed by atoms with Gasteiger partial charge in [0.05, 0.1) is 12.0 Å². The van der Waals surface area contributed by atoms with E-state index < -0.39 is 11.9 Å². The highest BCUT2D eigenvalue weighted by atomic mass is 35.5. The summed E-state index contributed by atoms with van der Waals surface area (Å²) in [6, 6.07) is 1.34. The van der Waals surface area contributed by atoms with Crippen LogP contribution in [0.25, 0.3) is 0 Å². The van der Waals surface area contributed by atoms with E-state index in [4.69, 9.17) is 28.3 Å². The Labute approximate surface area is 126 Å². The van der Waals surface area contributed by atoms with E-state index >= 15 is 0 Å². The number of rotatable bonds is 6. The standard InChI is InChI=1S/C13H14Cl2N2O3/c1-3-4-5-17(2)13(20)11-8(7-10(18)19)6-9(14)16-12(11)15/h3,6H,1,4-5,7H2,2H3,(H,18,19). The maximum Gasteiger partial charge on any atom is 0.307 e. The number of hydrogen-bond donors (Lipinski definition) is 1. The zero-order valence-corrected chi connectivity index (χ0v) is 12.4. The zero-order valence-electron chi connectivity index (χ0n) is 10.9. The minimum absolute atomic E-state index is 0.0524. The van der Waals surface area contributed by atoms with Crippen molar-refractivity contribution in [2.45, 2.75) is 12.8 Å². The lowest BCUT2D eigenvalue weighted by molar-refractivity contribution is -0.136. The molecule has 1 amide bonds. The van der Waals surface area contributed by atoms with Crippen LogP contribution in [0.4, 0.5) is 0 Å². The fourth-order valence-corrected chi connectivity index (χ4v) is 2.19. The highest BCUT2D eigenvalue weighted by molar-refractivity contribution is 6.35. The SMILES string of the molecule is C=CCCN(C)C(=O)c1c(CC(=O)O)cc(Cl)nc1Cl. The minimum atomic E-state index is -1.08. The van der Waals surface area contributed by atoms with Crippen LogP contribution < -0.4 is 0 Å². The number of carboxylic acids is 1. The van der Waals surface area contributed by atoms with Crippen LogP contribution in [0.2, 0.25) is 10.3 Å². The second-order valence-electron chi connectivity index (χ2n) is 4.14. The molecule has 0 saturated heterocycles. The van der Waals surface area contributed by atoms with Crippen LogP contribution in [0.15, 0.2) is 18.7 Å². The van der Waals surface area contributed by atoms with E-state index in [2.05, 4.69) is 11.6 Å². The number of pyridine rings is 1. The number of carbonyl (C=O) groups excluding carboxylic acids is 1. The number of aliphatic carboxylic acids is 1. The monoisotopic (exact) mass is 316 g/mol. The van der Waals surface area contributed by atoms with Crippen LogP contribution in [-0.4, -0.2) is 40.5 Å². The van der Waals surface area contributed by atoms with Crippen molar-refractivity contribution in [3.8, 4) is 0 Å². The molecule has 0 unspecified atom stereocenters. The number of hydrogen-bond acceptors (Lipinski definition) is 3. The van der Waals surface area contributed by atoms with Crippen LogP contribution in [-0.2, 0) is 11.2 Å². The van der Waals surface area contributed by atoms with Crippen LogP contribution in [0.3, 0.4) is 0 Å². The lowest BCUT2D eigenvalue weighted by Gasteiger charge is -2.18. The van der Waals surface area contributed by atoms with Gasteiger partial charge in [-0.2, -0.15) is 0 Å². The van der Waals surface area contributed by atoms with Gasteiger partial charge in [0.1, 0.15) is 10.3 Å². The van der Waals surface area contributed by atoms with Gasteiger partial charge in [0, 0.05) is 13.6 Å². The highest BCUT2D eigenvalue weighted by Gasteiger charge is 2.22. The van der Waals surface area contributed by atoms with Crippen LogP contribution >= 0.6 is 23.2 Å². The Morgan fingerprint density at radius 2 is 2.15 bits per heavy atom. The number of carboxylic acid groups (broad SMARTS) is 1. The molecule has 1 rings (SSSR count). The molecule has 0 bridgehead atoms. The molecule has 0 aliphatic heterocycles. The first kappa shape index (κ1) is 16.5. The summed E-state index contributed by atoms with van der Waals surface area (Å²) in [5.74, 6) is -1.47. The second kappa shape index (κ2) is 7.26. The molecule has 0 radical (unpaired) electrons. The fraction of sp³-hybridized carbons (Fsp3) is 0.308. The van der Waals surface area contributed by atoms with Crippen LogP contribution in [0.1, 0.15) is 22.3 Å². The van der Waals surface area contributed by atoms with Crippen molar-refractivity contribution < 1.29 is 14.7 Å². The third-order valence-corrected chi connectivity index (χ3v) is 3.06. The number of amides is 1. The molecule has 20 heavy (non-hydrogen) atoms. The van der Waals surface area contributed by atoms with Crippen molar-refractivity contribution in [1.29, 1.82) is 0 Å². The van der Waals surface area contributed by atoms with E-state index in [0.29, 0.717) is 13.0 Å². The van der Waals surface area contributed by atoms with E-state index in [-0.39, 0.29) is 27.9 Å². The highest BCUT2D eigenvalue weighted by Crippen LogP contribution is 2.24. The van der Waals surface area contributed by atoms with E-state index in [1.54, 1.807) is 13.1 Å². The van der Waals surface area contributed by atoms with Crippen molar-refractivity contribution in [3.63, 3.8) is 0 Å². The molecule has 0 aliphatic carbocycles. The summed E-state index contributed by atoms with van der Waals surface area (Å²) in [6.07, 6.45) is 1.96. The molecule has 0 aliphatic rings. The Morgan fingerprint density at radius 3 is 2.70 bits per heavy atom. The van der Waals surface area contributed by atoms with Gasteiger partial charge in [0.25, 0.3) is 5.91 Å². The topological polar surface area (TPSA) is 70.5 Å². The van der Waals surface area contributed by atoms with Crippen molar-refractivity contribution in [2.24, 2.45) is 0 Å². The average molecular weight is 317 g/mol. The Hall–Kier alpha value is -1.59. The van der Waals surface area contributed by atoms with Crippen molar-refractivity contribution in [1.82, 2.24) is 9.88 Å². The van der Waals surface area contributed by atoms with Gasteiger partial charge in [-0.3, -0.25) is 9.59 Å². The number of aromatic nitrogens is 1.